The van der Waals surface area contributed by atoms with Crippen molar-refractivity contribution in [2.45, 2.75) is 44.4 Å². The molecule has 12 heteroatoms. The fraction of sp³-hybridized carbons (Fsp3) is 0.407. The summed E-state index contributed by atoms with van der Waals surface area (Å²) in [6.07, 6.45) is 0.167. The number of rotatable bonds is 8. The van der Waals surface area contributed by atoms with Gasteiger partial charge in [-0.2, -0.15) is 22.6 Å². The Morgan fingerprint density at radius 3 is 2.59 bits per heavy atom. The topological polar surface area (TPSA) is 88.3 Å². The standard InChI is InChI=1S/C27H28F4N4O3S/c1-17-23-13-33-35(22-8-6-21(28)7-9-22)24(23)11-18-4-5-20(26(17)18)14-34(39(37,38)16-27(29,30)31)15-25(36)19-3-2-10-32-12-19/h2-3,6-10,12-13,17,20,25,36H,4-5,11,14-16H2,1H3/t17-,20+,25?/m0/s1. The Labute approximate surface area is 223 Å². The molecular formula is C27H28F4N4O3S. The van der Waals surface area contributed by atoms with Crippen LogP contribution in [0.1, 0.15) is 48.6 Å². The van der Waals surface area contributed by atoms with Crippen LogP contribution in [0, 0.1) is 11.7 Å². The number of halogens is 4. The quantitative estimate of drug-likeness (QED) is 0.317. The molecule has 2 aliphatic rings. The number of alkyl halides is 3. The maximum Gasteiger partial charge on any atom is 0.404 e. The summed E-state index contributed by atoms with van der Waals surface area (Å²) < 4.78 is 81.6. The van der Waals surface area contributed by atoms with Crippen molar-refractivity contribution >= 4 is 10.0 Å². The van der Waals surface area contributed by atoms with Crippen molar-refractivity contribution < 1.29 is 31.1 Å². The Kier molecular flexibility index (Phi) is 7.38. The van der Waals surface area contributed by atoms with E-state index >= 15 is 0 Å². The second kappa shape index (κ2) is 10.5. The average Bonchev–Trinajstić information content (AvgIpc) is 3.48. The molecule has 1 unspecified atom stereocenters. The third kappa shape index (κ3) is 5.78. The van der Waals surface area contributed by atoms with Crippen molar-refractivity contribution in [1.29, 1.82) is 0 Å². The summed E-state index contributed by atoms with van der Waals surface area (Å²) in [5, 5.41) is 15.2. The van der Waals surface area contributed by atoms with Gasteiger partial charge in [0.2, 0.25) is 10.0 Å². The largest absolute Gasteiger partial charge is 0.404 e. The molecule has 0 aliphatic heterocycles. The first kappa shape index (κ1) is 27.5. The molecular weight excluding hydrogens is 536 g/mol. The molecule has 0 spiro atoms. The smallest absolute Gasteiger partial charge is 0.387 e. The van der Waals surface area contributed by atoms with Crippen LogP contribution < -0.4 is 0 Å². The van der Waals surface area contributed by atoms with Crippen LogP contribution in [-0.4, -0.2) is 57.6 Å². The second-order valence-corrected chi connectivity index (χ2v) is 12.1. The number of allylic oxidation sites excluding steroid dienone is 1. The van der Waals surface area contributed by atoms with Crippen LogP contribution in [0.3, 0.4) is 0 Å². The molecule has 2 heterocycles. The third-order valence-corrected chi connectivity index (χ3v) is 9.32. The molecule has 5 rings (SSSR count). The minimum Gasteiger partial charge on any atom is -0.387 e. The van der Waals surface area contributed by atoms with Crippen LogP contribution in [0.25, 0.3) is 5.69 Å². The van der Waals surface area contributed by atoms with Gasteiger partial charge in [0.05, 0.1) is 23.7 Å². The number of aliphatic hydroxyl groups is 1. The van der Waals surface area contributed by atoms with Crippen LogP contribution in [0.4, 0.5) is 17.6 Å². The molecule has 0 fully saturated rings. The predicted molar refractivity (Wildman–Crippen MR) is 136 cm³/mol. The molecule has 0 bridgehead atoms. The van der Waals surface area contributed by atoms with Gasteiger partial charge in [-0.05, 0) is 49.1 Å². The number of aliphatic hydroxyl groups excluding tert-OH is 1. The number of nitrogens with zero attached hydrogens (tertiary/aromatic N) is 4. The predicted octanol–water partition coefficient (Wildman–Crippen LogP) is 4.70. The first-order chi connectivity index (χ1) is 18.4. The van der Waals surface area contributed by atoms with Crippen molar-refractivity contribution in [3.05, 3.63) is 88.8 Å². The highest BCUT2D eigenvalue weighted by Crippen LogP contribution is 2.47. The van der Waals surface area contributed by atoms with Gasteiger partial charge in [-0.1, -0.05) is 24.1 Å². The van der Waals surface area contributed by atoms with Gasteiger partial charge < -0.3 is 5.11 Å². The van der Waals surface area contributed by atoms with E-state index in [4.69, 9.17) is 0 Å². The highest BCUT2D eigenvalue weighted by molar-refractivity contribution is 7.89. The zero-order chi connectivity index (χ0) is 27.9. The molecule has 0 saturated carbocycles. The lowest BCUT2D eigenvalue weighted by Crippen LogP contribution is -2.43. The Balaban J connectivity index is 1.42. The van der Waals surface area contributed by atoms with Crippen molar-refractivity contribution in [3.8, 4) is 5.69 Å². The number of aromatic nitrogens is 3. The van der Waals surface area contributed by atoms with E-state index < -0.39 is 34.6 Å². The summed E-state index contributed by atoms with van der Waals surface area (Å²) in [4.78, 5) is 3.91. The van der Waals surface area contributed by atoms with Gasteiger partial charge in [-0.25, -0.2) is 17.5 Å². The molecule has 1 N–H and O–H groups in total. The summed E-state index contributed by atoms with van der Waals surface area (Å²) in [6, 6.07) is 9.13. The Morgan fingerprint density at radius 2 is 1.92 bits per heavy atom. The normalized spacial score (nSPS) is 20.3. The molecule has 0 saturated heterocycles. The molecule has 2 aromatic heterocycles. The van der Waals surface area contributed by atoms with Gasteiger partial charge in [0, 0.05) is 48.9 Å². The van der Waals surface area contributed by atoms with Crippen LogP contribution in [0.5, 0.6) is 0 Å². The Hall–Kier alpha value is -3.09. The molecule has 1 aromatic carbocycles. The minimum absolute atomic E-state index is 0.124. The van der Waals surface area contributed by atoms with Gasteiger partial charge in [0.15, 0.2) is 5.75 Å². The SMILES string of the molecule is C[C@@H]1C2=C(CC[C@@H]2CN(CC(O)c2cccnc2)S(=O)(=O)CC(F)(F)F)Cc2c1cnn2-c1ccc(F)cc1. The Bertz CT molecular complexity index is 1470. The lowest BCUT2D eigenvalue weighted by Gasteiger charge is -2.31. The number of pyridine rings is 1. The van der Waals surface area contributed by atoms with Crippen molar-refractivity contribution in [2.75, 3.05) is 18.8 Å². The highest BCUT2D eigenvalue weighted by atomic mass is 32.2. The van der Waals surface area contributed by atoms with E-state index in [0.717, 1.165) is 32.4 Å². The van der Waals surface area contributed by atoms with E-state index in [0.29, 0.717) is 24.8 Å². The van der Waals surface area contributed by atoms with Crippen molar-refractivity contribution in [1.82, 2.24) is 19.1 Å². The van der Waals surface area contributed by atoms with Gasteiger partial charge in [-0.3, -0.25) is 4.98 Å². The van der Waals surface area contributed by atoms with Crippen LogP contribution in [0.2, 0.25) is 0 Å². The van der Waals surface area contributed by atoms with E-state index in [2.05, 4.69) is 10.1 Å². The highest BCUT2D eigenvalue weighted by Gasteiger charge is 2.42. The summed E-state index contributed by atoms with van der Waals surface area (Å²) in [6.45, 7) is 1.31. The first-order valence-electron chi connectivity index (χ1n) is 12.6. The molecule has 2 aliphatic carbocycles. The van der Waals surface area contributed by atoms with E-state index in [1.165, 1.54) is 24.5 Å². The lowest BCUT2D eigenvalue weighted by atomic mass is 9.80. The summed E-state index contributed by atoms with van der Waals surface area (Å²) in [5.74, 6) is -2.78. The maximum absolute atomic E-state index is 13.4. The molecule has 208 valence electrons. The average molecular weight is 565 g/mol. The van der Waals surface area contributed by atoms with Gasteiger partial charge in [0.25, 0.3) is 0 Å². The van der Waals surface area contributed by atoms with Gasteiger partial charge >= 0.3 is 6.18 Å². The number of sulfonamides is 1. The van der Waals surface area contributed by atoms with E-state index in [9.17, 15) is 31.1 Å². The zero-order valence-corrected chi connectivity index (χ0v) is 22.0. The van der Waals surface area contributed by atoms with E-state index in [1.807, 2.05) is 6.92 Å². The number of benzene rings is 1. The first-order valence-corrected chi connectivity index (χ1v) is 14.2. The van der Waals surface area contributed by atoms with E-state index in [1.54, 1.807) is 35.1 Å². The van der Waals surface area contributed by atoms with Gasteiger partial charge in [-0.15, -0.1) is 0 Å². The fourth-order valence-electron chi connectivity index (χ4n) is 5.79. The third-order valence-electron chi connectivity index (χ3n) is 7.54. The molecule has 39 heavy (non-hydrogen) atoms. The lowest BCUT2D eigenvalue weighted by molar-refractivity contribution is -0.107. The molecule has 3 aromatic rings. The van der Waals surface area contributed by atoms with Crippen LogP contribution in [0.15, 0.2) is 66.1 Å². The zero-order valence-electron chi connectivity index (χ0n) is 21.1. The number of fused-ring (bicyclic) bond motifs is 1. The maximum atomic E-state index is 13.4. The molecule has 3 atom stereocenters. The van der Waals surface area contributed by atoms with Crippen molar-refractivity contribution in [2.24, 2.45) is 5.92 Å². The number of hydrogen-bond acceptors (Lipinski definition) is 5. The van der Waals surface area contributed by atoms with Crippen LogP contribution >= 0.6 is 0 Å². The second-order valence-electron chi connectivity index (χ2n) is 10.1. The molecule has 7 nitrogen and oxygen atoms in total. The monoisotopic (exact) mass is 564 g/mol. The number of hydrogen-bond donors (Lipinski definition) is 1. The summed E-state index contributed by atoms with van der Waals surface area (Å²) in [7, 11) is -4.76. The Morgan fingerprint density at radius 1 is 1.18 bits per heavy atom. The minimum atomic E-state index is -4.92. The van der Waals surface area contributed by atoms with Crippen molar-refractivity contribution in [3.63, 3.8) is 0 Å². The molecule has 0 radical (unpaired) electrons. The van der Waals surface area contributed by atoms with Crippen LogP contribution in [-0.2, 0) is 16.4 Å². The molecule has 0 amide bonds. The van der Waals surface area contributed by atoms with E-state index in [-0.39, 0.29) is 24.2 Å². The van der Waals surface area contributed by atoms with Gasteiger partial charge in [0.1, 0.15) is 5.82 Å². The summed E-state index contributed by atoms with van der Waals surface area (Å²) >= 11 is 0. The fourth-order valence-corrected chi connectivity index (χ4v) is 7.16. The summed E-state index contributed by atoms with van der Waals surface area (Å²) in [5.41, 5.74) is 5.08.